The van der Waals surface area contributed by atoms with E-state index in [-0.39, 0.29) is 11.8 Å². The number of likely N-dealkylation sites (N-methyl/N-ethyl adjacent to an activating group) is 1. The van der Waals surface area contributed by atoms with Gasteiger partial charge in [-0.2, -0.15) is 13.2 Å². The number of para-hydroxylation sites is 1. The van der Waals surface area contributed by atoms with Gasteiger partial charge in [0.05, 0.1) is 18.2 Å². The molecule has 2 aromatic rings. The molecule has 2 aromatic carbocycles. The minimum atomic E-state index is -4.47. The molecule has 0 aromatic heterocycles. The number of halogens is 3. The Kier molecular flexibility index (Phi) is 5.84. The Morgan fingerprint density at radius 2 is 1.81 bits per heavy atom. The molecule has 32 heavy (non-hydrogen) atoms. The summed E-state index contributed by atoms with van der Waals surface area (Å²) in [6, 6.07) is 13.7. The molecule has 0 saturated carbocycles. The Labute approximate surface area is 186 Å². The Balaban J connectivity index is 1.95. The van der Waals surface area contributed by atoms with Crippen molar-refractivity contribution in [2.24, 2.45) is 10.9 Å². The monoisotopic (exact) mass is 441 g/mol. The first-order valence-corrected chi connectivity index (χ1v) is 10.7. The van der Waals surface area contributed by atoms with Gasteiger partial charge in [-0.05, 0) is 42.2 Å². The van der Waals surface area contributed by atoms with Gasteiger partial charge in [-0.1, -0.05) is 44.2 Å². The molecule has 1 amide bonds. The number of anilines is 1. The maximum atomic E-state index is 13.7. The second kappa shape index (κ2) is 8.45. The molecule has 1 unspecified atom stereocenters. The van der Waals surface area contributed by atoms with Crippen molar-refractivity contribution in [3.05, 3.63) is 77.0 Å². The molecule has 0 spiro atoms. The molecule has 4 rings (SSSR count). The van der Waals surface area contributed by atoms with E-state index in [1.807, 2.05) is 42.3 Å². The molecule has 0 aliphatic carbocycles. The van der Waals surface area contributed by atoms with Gasteiger partial charge < -0.3 is 4.90 Å². The average molecular weight is 441 g/mol. The van der Waals surface area contributed by atoms with Crippen LogP contribution in [0.25, 0.3) is 0 Å². The molecule has 1 atom stereocenters. The van der Waals surface area contributed by atoms with E-state index in [0.717, 1.165) is 17.8 Å². The largest absolute Gasteiger partial charge is 0.416 e. The van der Waals surface area contributed by atoms with Crippen LogP contribution >= 0.6 is 0 Å². The van der Waals surface area contributed by atoms with Gasteiger partial charge in [0.2, 0.25) is 0 Å². The van der Waals surface area contributed by atoms with Crippen LogP contribution in [0.15, 0.2) is 70.9 Å². The number of carbonyl (C=O) groups excluding carboxylic acids is 1. The first-order chi connectivity index (χ1) is 15.2. The van der Waals surface area contributed by atoms with E-state index in [1.54, 1.807) is 11.0 Å². The first kappa shape index (κ1) is 22.1. The maximum absolute atomic E-state index is 13.7. The highest BCUT2D eigenvalue weighted by atomic mass is 19.4. The van der Waals surface area contributed by atoms with E-state index in [4.69, 9.17) is 4.99 Å². The summed E-state index contributed by atoms with van der Waals surface area (Å²) in [4.78, 5) is 22.0. The number of benzene rings is 2. The van der Waals surface area contributed by atoms with Gasteiger partial charge in [0, 0.05) is 30.6 Å². The van der Waals surface area contributed by atoms with Crippen molar-refractivity contribution in [1.82, 2.24) is 4.90 Å². The van der Waals surface area contributed by atoms with Crippen molar-refractivity contribution in [2.75, 3.05) is 25.0 Å². The third-order valence-corrected chi connectivity index (χ3v) is 5.80. The number of nitrogens with zero attached hydrogens (tertiary/aromatic N) is 3. The summed E-state index contributed by atoms with van der Waals surface area (Å²) in [5.41, 5.74) is 2.38. The Morgan fingerprint density at radius 1 is 1.09 bits per heavy atom. The third kappa shape index (κ3) is 4.04. The highest BCUT2D eigenvalue weighted by Crippen LogP contribution is 2.45. The van der Waals surface area contributed by atoms with E-state index < -0.39 is 17.8 Å². The summed E-state index contributed by atoms with van der Waals surface area (Å²) >= 11 is 0. The van der Waals surface area contributed by atoms with Crippen molar-refractivity contribution in [2.45, 2.75) is 32.5 Å². The highest BCUT2D eigenvalue weighted by Gasteiger charge is 2.45. The number of aliphatic imine (C=N–C) groups is 1. The van der Waals surface area contributed by atoms with Crippen molar-refractivity contribution < 1.29 is 18.0 Å². The van der Waals surface area contributed by atoms with Gasteiger partial charge >= 0.3 is 6.18 Å². The summed E-state index contributed by atoms with van der Waals surface area (Å²) in [5.74, 6) is 0.0726. The summed E-state index contributed by atoms with van der Waals surface area (Å²) in [6.45, 7) is 5.26. The van der Waals surface area contributed by atoms with Crippen LogP contribution in [-0.4, -0.2) is 36.7 Å². The summed E-state index contributed by atoms with van der Waals surface area (Å²) in [5, 5.41) is 0. The zero-order valence-corrected chi connectivity index (χ0v) is 18.4. The van der Waals surface area contributed by atoms with Crippen LogP contribution in [0.1, 0.15) is 37.4 Å². The molecule has 0 saturated heterocycles. The van der Waals surface area contributed by atoms with Crippen LogP contribution in [0, 0.1) is 5.92 Å². The lowest BCUT2D eigenvalue weighted by atomic mass is 9.90. The summed E-state index contributed by atoms with van der Waals surface area (Å²) in [7, 11) is 1.85. The molecule has 2 aliphatic rings. The molecule has 0 bridgehead atoms. The minimum absolute atomic E-state index is 0.213. The minimum Gasteiger partial charge on any atom is -0.368 e. The molecule has 0 fully saturated rings. The van der Waals surface area contributed by atoms with Crippen molar-refractivity contribution >= 4 is 17.3 Å². The molecule has 4 nitrogen and oxygen atoms in total. The second-order valence-electron chi connectivity index (χ2n) is 8.65. The average Bonchev–Trinajstić information content (AvgIpc) is 2.96. The van der Waals surface area contributed by atoms with Gasteiger partial charge in [-0.15, -0.1) is 0 Å². The first-order valence-electron chi connectivity index (χ1n) is 10.7. The van der Waals surface area contributed by atoms with Crippen LogP contribution in [0.2, 0.25) is 0 Å². The third-order valence-electron chi connectivity index (χ3n) is 5.80. The quantitative estimate of drug-likeness (QED) is 0.630. The highest BCUT2D eigenvalue weighted by molar-refractivity contribution is 6.19. The van der Waals surface area contributed by atoms with E-state index in [9.17, 15) is 18.0 Å². The van der Waals surface area contributed by atoms with E-state index >= 15 is 0 Å². The van der Waals surface area contributed by atoms with E-state index in [0.29, 0.717) is 42.0 Å². The lowest BCUT2D eigenvalue weighted by Gasteiger charge is -2.29. The number of rotatable bonds is 4. The standard InChI is InChI=1S/C25H26F3N3O/c1-16(2)14-20-21-22(17-8-7-9-18(15-17)25(26,27)28)31(19-10-5-4-6-11-19)24(32)23(21)30(3)13-12-29-20/h4-11,15-16,22H,12-14H2,1-3H3. The van der Waals surface area contributed by atoms with Gasteiger partial charge in [0.1, 0.15) is 5.70 Å². The normalized spacial score (nSPS) is 19.4. The Bertz CT molecular complexity index is 1070. The second-order valence-corrected chi connectivity index (χ2v) is 8.65. The molecule has 7 heteroatoms. The molecule has 2 heterocycles. The van der Waals surface area contributed by atoms with E-state index in [1.165, 1.54) is 6.07 Å². The van der Waals surface area contributed by atoms with Crippen LogP contribution in [-0.2, 0) is 11.0 Å². The fourth-order valence-corrected chi connectivity index (χ4v) is 4.42. The van der Waals surface area contributed by atoms with E-state index in [2.05, 4.69) is 13.8 Å². The van der Waals surface area contributed by atoms with Crippen LogP contribution in [0.5, 0.6) is 0 Å². The zero-order chi connectivity index (χ0) is 23.0. The van der Waals surface area contributed by atoms with Gasteiger partial charge in [0.25, 0.3) is 5.91 Å². The van der Waals surface area contributed by atoms with Gasteiger partial charge in [-0.25, -0.2) is 0 Å². The number of hydrogen-bond donors (Lipinski definition) is 0. The molecule has 0 N–H and O–H groups in total. The smallest absolute Gasteiger partial charge is 0.368 e. The summed E-state index contributed by atoms with van der Waals surface area (Å²) < 4.78 is 40.6. The Hall–Kier alpha value is -3.09. The SMILES string of the molecule is CC(C)CC1=NCCN(C)C2=C1C(c1cccc(C(F)(F)F)c1)N(c1ccccc1)C2=O. The maximum Gasteiger partial charge on any atom is 0.416 e. The summed E-state index contributed by atoms with van der Waals surface area (Å²) in [6.07, 6.45) is -3.82. The predicted octanol–water partition coefficient (Wildman–Crippen LogP) is 5.48. The molecular weight excluding hydrogens is 415 g/mol. The molecule has 0 radical (unpaired) electrons. The number of carbonyl (C=O) groups is 1. The van der Waals surface area contributed by atoms with Crippen LogP contribution in [0.4, 0.5) is 18.9 Å². The lowest BCUT2D eigenvalue weighted by molar-refractivity contribution is -0.137. The van der Waals surface area contributed by atoms with Crippen LogP contribution < -0.4 is 4.90 Å². The predicted molar refractivity (Wildman–Crippen MR) is 120 cm³/mol. The fourth-order valence-electron chi connectivity index (χ4n) is 4.42. The topological polar surface area (TPSA) is 35.9 Å². The zero-order valence-electron chi connectivity index (χ0n) is 18.4. The van der Waals surface area contributed by atoms with Crippen molar-refractivity contribution in [3.8, 4) is 0 Å². The number of amides is 1. The van der Waals surface area contributed by atoms with Crippen molar-refractivity contribution in [1.29, 1.82) is 0 Å². The fraction of sp³-hybridized carbons (Fsp3) is 0.360. The Morgan fingerprint density at radius 3 is 2.47 bits per heavy atom. The molecule has 168 valence electrons. The number of hydrogen-bond acceptors (Lipinski definition) is 3. The lowest BCUT2D eigenvalue weighted by Crippen LogP contribution is -2.34. The molecular formula is C25H26F3N3O. The number of alkyl halides is 3. The van der Waals surface area contributed by atoms with Gasteiger partial charge in [0.15, 0.2) is 0 Å². The molecule has 2 aliphatic heterocycles. The van der Waals surface area contributed by atoms with Crippen molar-refractivity contribution in [3.63, 3.8) is 0 Å². The van der Waals surface area contributed by atoms with Gasteiger partial charge in [-0.3, -0.25) is 14.7 Å². The van der Waals surface area contributed by atoms with Crippen LogP contribution in [0.3, 0.4) is 0 Å².